The number of amides is 2. The lowest BCUT2D eigenvalue weighted by Gasteiger charge is -2.28. The van der Waals surface area contributed by atoms with Gasteiger partial charge in [0.2, 0.25) is 9.70 Å². The van der Waals surface area contributed by atoms with Gasteiger partial charge in [0.05, 0.1) is 6.04 Å². The van der Waals surface area contributed by atoms with Crippen molar-refractivity contribution in [1.29, 1.82) is 0 Å². The highest BCUT2D eigenvalue weighted by Gasteiger charge is 2.46. The van der Waals surface area contributed by atoms with Gasteiger partial charge in [0.25, 0.3) is 5.91 Å². The molecule has 1 aliphatic heterocycles. The Morgan fingerprint density at radius 1 is 1.56 bits per heavy atom. The Balaban J connectivity index is 2.97. The molecule has 0 spiro atoms. The van der Waals surface area contributed by atoms with Gasteiger partial charge in [-0.3, -0.25) is 9.59 Å². The molecule has 0 aliphatic carbocycles. The minimum Gasteiger partial charge on any atom is -0.348 e. The SMILES string of the molecule is CC(=O)N[C@@H]([C@H]1C(=O)NN=C1C)C(Cl)(Cl)Cl. The first-order chi connectivity index (χ1) is 7.23. The van der Waals surface area contributed by atoms with E-state index in [0.29, 0.717) is 5.71 Å². The maximum Gasteiger partial charge on any atom is 0.251 e. The number of nitrogens with one attached hydrogen (secondary N) is 2. The van der Waals surface area contributed by atoms with E-state index in [2.05, 4.69) is 15.8 Å². The van der Waals surface area contributed by atoms with Crippen LogP contribution in [0.1, 0.15) is 13.8 Å². The highest BCUT2D eigenvalue weighted by molar-refractivity contribution is 6.68. The van der Waals surface area contributed by atoms with Crippen LogP contribution in [0.2, 0.25) is 0 Å². The smallest absolute Gasteiger partial charge is 0.251 e. The zero-order valence-corrected chi connectivity index (χ0v) is 10.8. The van der Waals surface area contributed by atoms with Crippen LogP contribution < -0.4 is 10.7 Å². The van der Waals surface area contributed by atoms with Gasteiger partial charge < -0.3 is 5.32 Å². The number of hydrogen-bond acceptors (Lipinski definition) is 3. The van der Waals surface area contributed by atoms with Crippen molar-refractivity contribution < 1.29 is 9.59 Å². The van der Waals surface area contributed by atoms with Crippen molar-refractivity contribution in [2.45, 2.75) is 23.7 Å². The minimum absolute atomic E-state index is 0.385. The second-order valence-corrected chi connectivity index (χ2v) is 5.80. The number of rotatable bonds is 2. The lowest BCUT2D eigenvalue weighted by atomic mass is 9.96. The number of alkyl halides is 3. The van der Waals surface area contributed by atoms with Crippen LogP contribution in [-0.4, -0.2) is 27.4 Å². The monoisotopic (exact) mass is 285 g/mol. The van der Waals surface area contributed by atoms with Crippen LogP contribution >= 0.6 is 34.8 Å². The van der Waals surface area contributed by atoms with Gasteiger partial charge >= 0.3 is 0 Å². The van der Waals surface area contributed by atoms with Crippen LogP contribution in [0, 0.1) is 5.92 Å². The zero-order chi connectivity index (χ0) is 12.5. The first-order valence-electron chi connectivity index (χ1n) is 4.41. The van der Waals surface area contributed by atoms with Gasteiger partial charge in [0.1, 0.15) is 5.92 Å². The second kappa shape index (κ2) is 4.77. The Hall–Kier alpha value is -0.520. The molecule has 8 heteroatoms. The van der Waals surface area contributed by atoms with Crippen molar-refractivity contribution in [2.24, 2.45) is 11.0 Å². The lowest BCUT2D eigenvalue weighted by Crippen LogP contribution is -2.52. The molecule has 2 atom stereocenters. The molecule has 0 saturated carbocycles. The third-order valence-corrected chi connectivity index (χ3v) is 2.83. The summed E-state index contributed by atoms with van der Waals surface area (Å²) in [5.41, 5.74) is 2.73. The third-order valence-electron chi connectivity index (χ3n) is 2.12. The number of carbonyl (C=O) groups excluding carboxylic acids is 2. The van der Waals surface area contributed by atoms with Crippen LogP contribution in [-0.2, 0) is 9.59 Å². The van der Waals surface area contributed by atoms with E-state index in [-0.39, 0.29) is 5.91 Å². The van der Waals surface area contributed by atoms with Crippen LogP contribution in [0.4, 0.5) is 0 Å². The van der Waals surface area contributed by atoms with Gasteiger partial charge in [0, 0.05) is 12.6 Å². The fraction of sp³-hybridized carbons (Fsp3) is 0.625. The number of hydrazone groups is 1. The molecule has 16 heavy (non-hydrogen) atoms. The van der Waals surface area contributed by atoms with E-state index in [1.807, 2.05) is 0 Å². The first kappa shape index (κ1) is 13.5. The van der Waals surface area contributed by atoms with Crippen molar-refractivity contribution >= 4 is 52.3 Å². The van der Waals surface area contributed by atoms with Gasteiger partial charge in [-0.15, -0.1) is 0 Å². The first-order valence-corrected chi connectivity index (χ1v) is 5.54. The van der Waals surface area contributed by atoms with Crippen LogP contribution in [0.25, 0.3) is 0 Å². The Bertz CT molecular complexity index is 351. The molecule has 0 fully saturated rings. The van der Waals surface area contributed by atoms with Crippen molar-refractivity contribution in [2.75, 3.05) is 0 Å². The molecule has 0 aromatic rings. The molecule has 0 aromatic heterocycles. The van der Waals surface area contributed by atoms with Crippen molar-refractivity contribution in [3.8, 4) is 0 Å². The number of hydrogen-bond donors (Lipinski definition) is 2. The van der Waals surface area contributed by atoms with Gasteiger partial charge in [-0.25, -0.2) is 5.43 Å². The highest BCUT2D eigenvalue weighted by atomic mass is 35.6. The quantitative estimate of drug-likeness (QED) is 0.743. The Labute approximate surface area is 107 Å². The number of halogens is 3. The zero-order valence-electron chi connectivity index (χ0n) is 8.55. The molecule has 0 radical (unpaired) electrons. The number of carbonyl (C=O) groups is 2. The second-order valence-electron chi connectivity index (χ2n) is 3.43. The molecule has 0 aromatic carbocycles. The fourth-order valence-electron chi connectivity index (χ4n) is 1.44. The van der Waals surface area contributed by atoms with E-state index in [1.54, 1.807) is 6.92 Å². The molecule has 1 aliphatic rings. The summed E-state index contributed by atoms with van der Waals surface area (Å²) in [5, 5.41) is 6.18. The molecule has 5 nitrogen and oxygen atoms in total. The Morgan fingerprint density at radius 3 is 2.44 bits per heavy atom. The molecule has 1 rings (SSSR count). The average Bonchev–Trinajstić information content (AvgIpc) is 2.41. The predicted molar refractivity (Wildman–Crippen MR) is 62.6 cm³/mol. The normalized spacial score (nSPS) is 22.4. The Kier molecular flexibility index (Phi) is 4.04. The summed E-state index contributed by atoms with van der Waals surface area (Å²) in [5.74, 6) is -1.55. The summed E-state index contributed by atoms with van der Waals surface area (Å²) >= 11 is 17.2. The largest absolute Gasteiger partial charge is 0.348 e. The van der Waals surface area contributed by atoms with Crippen LogP contribution in [0.3, 0.4) is 0 Å². The summed E-state index contributed by atoms with van der Waals surface area (Å²) in [6.07, 6.45) is 0. The predicted octanol–water partition coefficient (Wildman–Crippen LogP) is 0.983. The summed E-state index contributed by atoms with van der Waals surface area (Å²) < 4.78 is -1.78. The molecule has 2 amide bonds. The third kappa shape index (κ3) is 2.99. The van der Waals surface area contributed by atoms with Crippen molar-refractivity contribution in [3.63, 3.8) is 0 Å². The van der Waals surface area contributed by atoms with Gasteiger partial charge in [-0.2, -0.15) is 5.10 Å². The summed E-state index contributed by atoms with van der Waals surface area (Å²) in [7, 11) is 0. The standard InChI is InChI=1S/C8H10Cl3N3O2/c1-3-5(7(16)14-13-3)6(8(9,10)11)12-4(2)15/h5-6H,1-2H3,(H,12,15)(H,14,16)/t5-,6-/m0/s1. The molecular weight excluding hydrogens is 276 g/mol. The molecule has 2 N–H and O–H groups in total. The summed E-state index contributed by atoms with van der Waals surface area (Å²) in [4.78, 5) is 22.5. The topological polar surface area (TPSA) is 70.6 Å². The van der Waals surface area contributed by atoms with E-state index in [0.717, 1.165) is 0 Å². The van der Waals surface area contributed by atoms with E-state index >= 15 is 0 Å². The average molecular weight is 287 g/mol. The van der Waals surface area contributed by atoms with E-state index in [1.165, 1.54) is 6.92 Å². The minimum atomic E-state index is -1.78. The molecular formula is C8H10Cl3N3O2. The molecule has 0 saturated heterocycles. The summed E-state index contributed by atoms with van der Waals surface area (Å²) in [6.45, 7) is 2.90. The van der Waals surface area contributed by atoms with Gasteiger partial charge in [-0.1, -0.05) is 34.8 Å². The Morgan fingerprint density at radius 2 is 2.12 bits per heavy atom. The van der Waals surface area contributed by atoms with E-state index < -0.39 is 21.7 Å². The maximum atomic E-state index is 11.5. The fourth-order valence-corrected chi connectivity index (χ4v) is 1.98. The van der Waals surface area contributed by atoms with Crippen molar-refractivity contribution in [3.05, 3.63) is 0 Å². The number of nitrogens with zero attached hydrogens (tertiary/aromatic N) is 1. The summed E-state index contributed by atoms with van der Waals surface area (Å²) in [6, 6.07) is -0.943. The van der Waals surface area contributed by atoms with Gasteiger partial charge in [0.15, 0.2) is 0 Å². The molecule has 90 valence electrons. The van der Waals surface area contributed by atoms with Crippen LogP contribution in [0.5, 0.6) is 0 Å². The van der Waals surface area contributed by atoms with E-state index in [4.69, 9.17) is 34.8 Å². The molecule has 0 bridgehead atoms. The van der Waals surface area contributed by atoms with E-state index in [9.17, 15) is 9.59 Å². The van der Waals surface area contributed by atoms with Crippen LogP contribution in [0.15, 0.2) is 5.10 Å². The highest BCUT2D eigenvalue weighted by Crippen LogP contribution is 2.35. The van der Waals surface area contributed by atoms with Gasteiger partial charge in [-0.05, 0) is 6.92 Å². The lowest BCUT2D eigenvalue weighted by molar-refractivity contribution is -0.123. The van der Waals surface area contributed by atoms with Crippen molar-refractivity contribution in [1.82, 2.24) is 10.7 Å². The molecule has 0 unspecified atom stereocenters. The maximum absolute atomic E-state index is 11.5. The molecule has 1 heterocycles.